The van der Waals surface area contributed by atoms with Crippen molar-refractivity contribution in [1.82, 2.24) is 10.6 Å². The van der Waals surface area contributed by atoms with E-state index in [0.29, 0.717) is 13.2 Å². The first-order valence-electron chi connectivity index (χ1n) is 6.42. The lowest BCUT2D eigenvalue weighted by Crippen LogP contribution is -2.42. The van der Waals surface area contributed by atoms with Gasteiger partial charge in [-0.1, -0.05) is 0 Å². The predicted molar refractivity (Wildman–Crippen MR) is 67.8 cm³/mol. The van der Waals surface area contributed by atoms with Crippen LogP contribution in [0.3, 0.4) is 0 Å². The fourth-order valence-corrected chi connectivity index (χ4v) is 2.05. The van der Waals surface area contributed by atoms with Gasteiger partial charge >= 0.3 is 0 Å². The Balaban J connectivity index is 2.14. The van der Waals surface area contributed by atoms with E-state index in [2.05, 4.69) is 10.6 Å². The van der Waals surface area contributed by atoms with Crippen molar-refractivity contribution in [3.8, 4) is 0 Å². The Kier molecular flexibility index (Phi) is 6.67. The molecule has 0 unspecified atom stereocenters. The molecule has 0 atom stereocenters. The van der Waals surface area contributed by atoms with Crippen LogP contribution in [0.2, 0.25) is 0 Å². The second-order valence-corrected chi connectivity index (χ2v) is 4.67. The first-order valence-corrected chi connectivity index (χ1v) is 6.42. The number of carbonyl (C=O) groups is 2. The van der Waals surface area contributed by atoms with Crippen LogP contribution < -0.4 is 16.4 Å². The van der Waals surface area contributed by atoms with Crippen molar-refractivity contribution in [3.05, 3.63) is 0 Å². The summed E-state index contributed by atoms with van der Waals surface area (Å²) in [7, 11) is 1.57. The van der Waals surface area contributed by atoms with Gasteiger partial charge in [0.05, 0.1) is 13.2 Å². The van der Waals surface area contributed by atoms with Gasteiger partial charge in [-0.2, -0.15) is 0 Å². The molecule has 6 heteroatoms. The Morgan fingerprint density at radius 3 is 2.50 bits per heavy atom. The molecule has 18 heavy (non-hydrogen) atoms. The van der Waals surface area contributed by atoms with E-state index < -0.39 is 0 Å². The number of ether oxygens (including phenoxy) is 1. The zero-order chi connectivity index (χ0) is 13.4. The van der Waals surface area contributed by atoms with E-state index in [1.165, 1.54) is 0 Å². The highest BCUT2D eigenvalue weighted by molar-refractivity contribution is 5.85. The Hall–Kier alpha value is -1.14. The number of hydrogen-bond acceptors (Lipinski definition) is 4. The number of rotatable bonds is 6. The summed E-state index contributed by atoms with van der Waals surface area (Å²) in [6.07, 6.45) is 3.41. The molecular weight excluding hydrogens is 234 g/mol. The molecule has 0 bridgehead atoms. The summed E-state index contributed by atoms with van der Waals surface area (Å²) in [4.78, 5) is 23.1. The van der Waals surface area contributed by atoms with Crippen molar-refractivity contribution in [1.29, 1.82) is 0 Å². The Morgan fingerprint density at radius 2 is 1.89 bits per heavy atom. The lowest BCUT2D eigenvalue weighted by atomic mass is 9.86. The number of nitrogens with two attached hydrogens (primary N) is 1. The molecule has 4 N–H and O–H groups in total. The maximum absolute atomic E-state index is 11.8. The quantitative estimate of drug-likeness (QED) is 0.553. The zero-order valence-electron chi connectivity index (χ0n) is 10.9. The lowest BCUT2D eigenvalue weighted by Gasteiger charge is -2.25. The summed E-state index contributed by atoms with van der Waals surface area (Å²) < 4.78 is 4.81. The number of hydrogen-bond donors (Lipinski definition) is 3. The van der Waals surface area contributed by atoms with E-state index in [0.717, 1.165) is 25.7 Å². The smallest absolute Gasteiger partial charge is 0.239 e. The molecule has 0 aromatic rings. The van der Waals surface area contributed by atoms with Crippen LogP contribution in [0.4, 0.5) is 0 Å². The molecular formula is C12H23N3O3. The van der Waals surface area contributed by atoms with Crippen LogP contribution in [0, 0.1) is 5.92 Å². The van der Waals surface area contributed by atoms with Gasteiger partial charge < -0.3 is 21.1 Å². The molecule has 1 aliphatic carbocycles. The molecule has 6 nitrogen and oxygen atoms in total. The summed E-state index contributed by atoms with van der Waals surface area (Å²) in [6.45, 7) is 0.967. The van der Waals surface area contributed by atoms with Gasteiger partial charge in [-0.25, -0.2) is 0 Å². The highest BCUT2D eigenvalue weighted by Crippen LogP contribution is 2.22. The highest BCUT2D eigenvalue weighted by atomic mass is 16.5. The Labute approximate surface area is 108 Å². The summed E-state index contributed by atoms with van der Waals surface area (Å²) in [5.41, 5.74) is 5.78. The summed E-state index contributed by atoms with van der Waals surface area (Å²) in [6, 6.07) is 0.228. The molecule has 1 rings (SSSR count). The molecule has 0 radical (unpaired) electrons. The molecule has 0 aromatic heterocycles. The van der Waals surface area contributed by atoms with E-state index >= 15 is 0 Å². The van der Waals surface area contributed by atoms with Crippen LogP contribution in [0.15, 0.2) is 0 Å². The van der Waals surface area contributed by atoms with Gasteiger partial charge in [-0.15, -0.1) is 0 Å². The van der Waals surface area contributed by atoms with Crippen LogP contribution in [0.25, 0.3) is 0 Å². The summed E-state index contributed by atoms with van der Waals surface area (Å²) >= 11 is 0. The third kappa shape index (κ3) is 5.46. The van der Waals surface area contributed by atoms with Gasteiger partial charge in [-0.05, 0) is 25.7 Å². The predicted octanol–water partition coefficient (Wildman–Crippen LogP) is -0.617. The number of carbonyl (C=O) groups excluding carboxylic acids is 2. The van der Waals surface area contributed by atoms with Crippen molar-refractivity contribution < 1.29 is 14.3 Å². The van der Waals surface area contributed by atoms with Crippen LogP contribution in [0.5, 0.6) is 0 Å². The van der Waals surface area contributed by atoms with Crippen molar-refractivity contribution in [2.24, 2.45) is 11.7 Å². The maximum Gasteiger partial charge on any atom is 0.239 e. The Morgan fingerprint density at radius 1 is 1.22 bits per heavy atom. The molecule has 0 aromatic carbocycles. The van der Waals surface area contributed by atoms with Crippen LogP contribution in [0.1, 0.15) is 25.7 Å². The number of amides is 2. The van der Waals surface area contributed by atoms with Crippen molar-refractivity contribution >= 4 is 11.8 Å². The highest BCUT2D eigenvalue weighted by Gasteiger charge is 2.24. The van der Waals surface area contributed by atoms with Gasteiger partial charge in [0, 0.05) is 25.6 Å². The minimum absolute atomic E-state index is 0.0107. The fraction of sp³-hybridized carbons (Fsp3) is 0.833. The van der Waals surface area contributed by atoms with E-state index in [9.17, 15) is 9.59 Å². The average molecular weight is 257 g/mol. The van der Waals surface area contributed by atoms with Crippen LogP contribution in [-0.2, 0) is 14.3 Å². The molecule has 1 aliphatic rings. The van der Waals surface area contributed by atoms with Gasteiger partial charge in [0.2, 0.25) is 11.8 Å². The van der Waals surface area contributed by atoms with Gasteiger partial charge in [-0.3, -0.25) is 9.59 Å². The second-order valence-electron chi connectivity index (χ2n) is 4.67. The van der Waals surface area contributed by atoms with Crippen LogP contribution in [-0.4, -0.2) is 44.7 Å². The van der Waals surface area contributed by atoms with E-state index in [-0.39, 0.29) is 30.3 Å². The molecule has 0 heterocycles. The monoisotopic (exact) mass is 257 g/mol. The molecule has 104 valence electrons. The summed E-state index contributed by atoms with van der Waals surface area (Å²) in [5, 5.41) is 5.31. The number of methoxy groups -OCH3 is 1. The minimum atomic E-state index is -0.187. The third-order valence-electron chi connectivity index (χ3n) is 3.19. The van der Waals surface area contributed by atoms with Crippen molar-refractivity contribution in [3.63, 3.8) is 0 Å². The molecule has 0 spiro atoms. The molecule has 2 amide bonds. The van der Waals surface area contributed by atoms with E-state index in [1.807, 2.05) is 0 Å². The molecule has 1 fully saturated rings. The normalized spacial score (nSPS) is 23.4. The first-order chi connectivity index (χ1) is 8.63. The topological polar surface area (TPSA) is 93.5 Å². The fourth-order valence-electron chi connectivity index (χ4n) is 2.05. The summed E-state index contributed by atoms with van der Waals surface area (Å²) in [5.74, 6) is -0.215. The minimum Gasteiger partial charge on any atom is -0.383 e. The second kappa shape index (κ2) is 8.05. The lowest BCUT2D eigenvalue weighted by molar-refractivity contribution is -0.129. The maximum atomic E-state index is 11.8. The zero-order valence-corrected chi connectivity index (χ0v) is 10.9. The standard InChI is InChI=1S/C12H23N3O3/c1-18-7-6-14-11(16)8-15-12(17)9-2-4-10(13)5-3-9/h9-10H,2-8,13H2,1H3,(H,14,16)(H,15,17). The largest absolute Gasteiger partial charge is 0.383 e. The van der Waals surface area contributed by atoms with Gasteiger partial charge in [0.15, 0.2) is 0 Å². The van der Waals surface area contributed by atoms with Crippen LogP contribution >= 0.6 is 0 Å². The first kappa shape index (κ1) is 14.9. The van der Waals surface area contributed by atoms with Crippen molar-refractivity contribution in [2.45, 2.75) is 31.7 Å². The van der Waals surface area contributed by atoms with E-state index in [1.54, 1.807) is 7.11 Å². The molecule has 0 aliphatic heterocycles. The van der Waals surface area contributed by atoms with E-state index in [4.69, 9.17) is 10.5 Å². The average Bonchev–Trinajstić information content (AvgIpc) is 2.37. The molecule has 0 saturated heterocycles. The number of nitrogens with one attached hydrogen (secondary N) is 2. The molecule has 1 saturated carbocycles. The Bertz CT molecular complexity index is 276. The van der Waals surface area contributed by atoms with Gasteiger partial charge in [0.1, 0.15) is 0 Å². The third-order valence-corrected chi connectivity index (χ3v) is 3.19. The van der Waals surface area contributed by atoms with Crippen molar-refractivity contribution in [2.75, 3.05) is 26.8 Å². The SMILES string of the molecule is COCCNC(=O)CNC(=O)C1CCC(N)CC1. The van der Waals surface area contributed by atoms with Gasteiger partial charge in [0.25, 0.3) is 0 Å².